The van der Waals surface area contributed by atoms with Crippen LogP contribution in [0.2, 0.25) is 5.02 Å². The van der Waals surface area contributed by atoms with Gasteiger partial charge in [-0.05, 0) is 56.5 Å². The van der Waals surface area contributed by atoms with Gasteiger partial charge < -0.3 is 15.0 Å². The second kappa shape index (κ2) is 9.35. The Kier molecular flexibility index (Phi) is 6.37. The van der Waals surface area contributed by atoms with Gasteiger partial charge in [0.05, 0.1) is 5.92 Å². The molecule has 1 N–H and O–H groups in total. The number of ether oxygens (including phenoxy) is 1. The zero-order valence-electron chi connectivity index (χ0n) is 17.6. The van der Waals surface area contributed by atoms with Crippen LogP contribution in [0.3, 0.4) is 0 Å². The van der Waals surface area contributed by atoms with E-state index in [4.69, 9.17) is 16.3 Å². The third-order valence-corrected chi connectivity index (χ3v) is 5.82. The standard InChI is InChI=1S/C24H25ClN4O2/c1-16-5-9-20(10-6-16)31-24-22(26-11-12-27-24)29-13-3-4-18(15-29)23(30)28-19-8-7-17(2)21(25)14-19/h5-12,14,18H,3-4,13,15H2,1-2H3,(H,28,30). The summed E-state index contributed by atoms with van der Waals surface area (Å²) in [4.78, 5) is 23.9. The maximum absolute atomic E-state index is 12.9. The molecular formula is C24H25ClN4O2. The fraction of sp³-hybridized carbons (Fsp3) is 0.292. The van der Waals surface area contributed by atoms with Crippen LogP contribution < -0.4 is 15.0 Å². The molecule has 1 amide bonds. The summed E-state index contributed by atoms with van der Waals surface area (Å²) in [6.45, 7) is 5.31. The molecule has 31 heavy (non-hydrogen) atoms. The van der Waals surface area contributed by atoms with Crippen LogP contribution in [0.25, 0.3) is 0 Å². The van der Waals surface area contributed by atoms with E-state index in [0.717, 1.165) is 30.5 Å². The minimum atomic E-state index is -0.164. The molecule has 1 atom stereocenters. The maximum atomic E-state index is 12.9. The van der Waals surface area contributed by atoms with Crippen molar-refractivity contribution in [3.8, 4) is 11.6 Å². The first kappa shape index (κ1) is 21.1. The van der Waals surface area contributed by atoms with Crippen LogP contribution in [-0.4, -0.2) is 29.0 Å². The highest BCUT2D eigenvalue weighted by Crippen LogP contribution is 2.31. The largest absolute Gasteiger partial charge is 0.436 e. The van der Waals surface area contributed by atoms with E-state index in [1.165, 1.54) is 0 Å². The molecule has 0 saturated carbocycles. The Morgan fingerprint density at radius 3 is 2.68 bits per heavy atom. The highest BCUT2D eigenvalue weighted by molar-refractivity contribution is 6.31. The highest BCUT2D eigenvalue weighted by Gasteiger charge is 2.28. The maximum Gasteiger partial charge on any atom is 0.263 e. The van der Waals surface area contributed by atoms with Crippen LogP contribution in [-0.2, 0) is 4.79 Å². The second-order valence-corrected chi connectivity index (χ2v) is 8.25. The van der Waals surface area contributed by atoms with E-state index in [1.54, 1.807) is 18.5 Å². The summed E-state index contributed by atoms with van der Waals surface area (Å²) < 4.78 is 6.00. The molecule has 1 unspecified atom stereocenters. The number of nitrogens with one attached hydrogen (secondary N) is 1. The average molecular weight is 437 g/mol. The van der Waals surface area contributed by atoms with Crippen molar-refractivity contribution < 1.29 is 9.53 Å². The van der Waals surface area contributed by atoms with Crippen molar-refractivity contribution in [3.63, 3.8) is 0 Å². The van der Waals surface area contributed by atoms with Gasteiger partial charge in [-0.25, -0.2) is 9.97 Å². The molecule has 0 radical (unpaired) electrons. The summed E-state index contributed by atoms with van der Waals surface area (Å²) >= 11 is 6.19. The van der Waals surface area contributed by atoms with Gasteiger partial charge in [-0.2, -0.15) is 0 Å². The first-order valence-electron chi connectivity index (χ1n) is 10.4. The molecule has 4 rings (SSSR count). The third kappa shape index (κ3) is 5.14. The number of halogens is 1. The van der Waals surface area contributed by atoms with E-state index in [9.17, 15) is 4.79 Å². The lowest BCUT2D eigenvalue weighted by Gasteiger charge is -2.33. The summed E-state index contributed by atoms with van der Waals surface area (Å²) in [6, 6.07) is 13.4. The Morgan fingerprint density at radius 1 is 1.13 bits per heavy atom. The molecule has 1 aliphatic heterocycles. The van der Waals surface area contributed by atoms with Crippen molar-refractivity contribution in [3.05, 3.63) is 71.0 Å². The molecule has 0 spiro atoms. The quantitative estimate of drug-likeness (QED) is 0.580. The zero-order chi connectivity index (χ0) is 21.8. The molecule has 2 aromatic carbocycles. The van der Waals surface area contributed by atoms with Gasteiger partial charge in [-0.1, -0.05) is 35.4 Å². The molecule has 6 nitrogen and oxygen atoms in total. The minimum Gasteiger partial charge on any atom is -0.436 e. The number of anilines is 2. The number of aromatic nitrogens is 2. The molecule has 1 saturated heterocycles. The lowest BCUT2D eigenvalue weighted by atomic mass is 9.97. The van der Waals surface area contributed by atoms with Crippen molar-refractivity contribution in [2.24, 2.45) is 5.92 Å². The van der Waals surface area contributed by atoms with Gasteiger partial charge in [0.15, 0.2) is 5.82 Å². The molecule has 160 valence electrons. The van der Waals surface area contributed by atoms with Gasteiger partial charge in [0.25, 0.3) is 5.88 Å². The molecule has 1 aromatic heterocycles. The van der Waals surface area contributed by atoms with E-state index in [2.05, 4.69) is 20.2 Å². The van der Waals surface area contributed by atoms with Crippen molar-refractivity contribution in [2.45, 2.75) is 26.7 Å². The topological polar surface area (TPSA) is 67.4 Å². The zero-order valence-corrected chi connectivity index (χ0v) is 18.4. The van der Waals surface area contributed by atoms with Crippen LogP contribution in [0.4, 0.5) is 11.5 Å². The lowest BCUT2D eigenvalue weighted by molar-refractivity contribution is -0.120. The number of hydrogen-bond donors (Lipinski definition) is 1. The number of amides is 1. The van der Waals surface area contributed by atoms with Crippen molar-refractivity contribution in [1.29, 1.82) is 0 Å². The lowest BCUT2D eigenvalue weighted by Crippen LogP contribution is -2.41. The SMILES string of the molecule is Cc1ccc(Oc2nccnc2N2CCCC(C(=O)Nc3ccc(C)c(Cl)c3)C2)cc1. The molecule has 3 aromatic rings. The minimum absolute atomic E-state index is 0.0190. The molecule has 2 heterocycles. The number of nitrogens with zero attached hydrogens (tertiary/aromatic N) is 3. The molecule has 1 fully saturated rings. The molecule has 0 aliphatic carbocycles. The Labute approximate surface area is 187 Å². The number of rotatable bonds is 5. The third-order valence-electron chi connectivity index (χ3n) is 5.41. The Balaban J connectivity index is 1.47. The Hall–Kier alpha value is -3.12. The second-order valence-electron chi connectivity index (χ2n) is 7.84. The predicted molar refractivity (Wildman–Crippen MR) is 123 cm³/mol. The van der Waals surface area contributed by atoms with Crippen LogP contribution >= 0.6 is 11.6 Å². The number of benzene rings is 2. The normalized spacial score (nSPS) is 16.1. The fourth-order valence-corrected chi connectivity index (χ4v) is 3.80. The van der Waals surface area contributed by atoms with E-state index in [1.807, 2.05) is 50.2 Å². The van der Waals surface area contributed by atoms with E-state index >= 15 is 0 Å². The van der Waals surface area contributed by atoms with Crippen molar-refractivity contribution in [2.75, 3.05) is 23.3 Å². The summed E-state index contributed by atoms with van der Waals surface area (Å²) in [5.41, 5.74) is 2.85. The van der Waals surface area contributed by atoms with Crippen molar-refractivity contribution >= 4 is 29.0 Å². The van der Waals surface area contributed by atoms with Crippen LogP contribution in [0.15, 0.2) is 54.9 Å². The molecule has 1 aliphatic rings. The number of carbonyl (C=O) groups is 1. The molecule has 7 heteroatoms. The smallest absolute Gasteiger partial charge is 0.263 e. The van der Waals surface area contributed by atoms with Gasteiger partial charge in [0.2, 0.25) is 5.91 Å². The molecule has 0 bridgehead atoms. The number of piperidine rings is 1. The van der Waals surface area contributed by atoms with Crippen LogP contribution in [0.1, 0.15) is 24.0 Å². The molecular weight excluding hydrogens is 412 g/mol. The first-order valence-corrected chi connectivity index (χ1v) is 10.7. The average Bonchev–Trinajstić information content (AvgIpc) is 2.78. The first-order chi connectivity index (χ1) is 15.0. The van der Waals surface area contributed by atoms with E-state index in [0.29, 0.717) is 34.7 Å². The summed E-state index contributed by atoms with van der Waals surface area (Å²) in [5.74, 6) is 1.61. The number of aryl methyl sites for hydroxylation is 2. The van der Waals surface area contributed by atoms with Gasteiger partial charge in [-0.3, -0.25) is 4.79 Å². The Bertz CT molecular complexity index is 1070. The predicted octanol–water partition coefficient (Wildman–Crippen LogP) is 5.39. The van der Waals surface area contributed by atoms with E-state index in [-0.39, 0.29) is 11.8 Å². The van der Waals surface area contributed by atoms with Gasteiger partial charge >= 0.3 is 0 Å². The highest BCUT2D eigenvalue weighted by atomic mass is 35.5. The van der Waals surface area contributed by atoms with E-state index < -0.39 is 0 Å². The van der Waals surface area contributed by atoms with Gasteiger partial charge in [0.1, 0.15) is 5.75 Å². The van der Waals surface area contributed by atoms with Gasteiger partial charge in [0, 0.05) is 36.2 Å². The fourth-order valence-electron chi connectivity index (χ4n) is 3.62. The summed E-state index contributed by atoms with van der Waals surface area (Å²) in [5, 5.41) is 3.63. The number of hydrogen-bond acceptors (Lipinski definition) is 5. The van der Waals surface area contributed by atoms with Crippen LogP contribution in [0, 0.1) is 19.8 Å². The van der Waals surface area contributed by atoms with Gasteiger partial charge in [-0.15, -0.1) is 0 Å². The summed E-state index contributed by atoms with van der Waals surface area (Å²) in [6.07, 6.45) is 4.96. The Morgan fingerprint density at radius 2 is 1.90 bits per heavy atom. The van der Waals surface area contributed by atoms with Crippen molar-refractivity contribution in [1.82, 2.24) is 9.97 Å². The summed E-state index contributed by atoms with van der Waals surface area (Å²) in [7, 11) is 0. The van der Waals surface area contributed by atoms with Crippen LogP contribution in [0.5, 0.6) is 11.6 Å². The number of carbonyl (C=O) groups excluding carboxylic acids is 1. The monoisotopic (exact) mass is 436 g/mol.